The number of aldehydes is 1. The van der Waals surface area contributed by atoms with Gasteiger partial charge < -0.3 is 15.0 Å². The van der Waals surface area contributed by atoms with Crippen molar-refractivity contribution in [3.63, 3.8) is 0 Å². The number of nitrogens with one attached hydrogen (secondary N) is 2. The number of rotatable bonds is 7. The Balaban J connectivity index is 1.31. The van der Waals surface area contributed by atoms with Crippen molar-refractivity contribution in [3.05, 3.63) is 108 Å². The number of hydrogen-bond acceptors (Lipinski definition) is 5. The Hall–Kier alpha value is -4.45. The smallest absolute Gasteiger partial charge is 0.259 e. The number of anilines is 2. The molecule has 4 aromatic rings. The number of hydrogen-bond donors (Lipinski definition) is 2. The molecule has 2 N–H and O–H groups in total. The van der Waals surface area contributed by atoms with E-state index in [4.69, 9.17) is 0 Å². The molecule has 1 aliphatic heterocycles. The molecule has 6 heteroatoms. The van der Waals surface area contributed by atoms with E-state index in [1.807, 2.05) is 102 Å². The second-order valence-electron chi connectivity index (χ2n) is 8.11. The fourth-order valence-electron chi connectivity index (χ4n) is 4.35. The van der Waals surface area contributed by atoms with Crippen LogP contribution in [0.1, 0.15) is 17.2 Å². The summed E-state index contributed by atoms with van der Waals surface area (Å²) in [7, 11) is 0. The fraction of sp³-hybridized carbons (Fsp3) is 0.107. The van der Waals surface area contributed by atoms with E-state index in [0.29, 0.717) is 6.54 Å². The summed E-state index contributed by atoms with van der Waals surface area (Å²) in [6, 6.07) is 31.0. The molecule has 1 unspecified atom stereocenters. The second-order valence-corrected chi connectivity index (χ2v) is 8.11. The molecule has 0 fully saturated rings. The molecule has 1 atom stereocenters. The summed E-state index contributed by atoms with van der Waals surface area (Å²) < 4.78 is 0. The van der Waals surface area contributed by atoms with Crippen LogP contribution >= 0.6 is 0 Å². The zero-order chi connectivity index (χ0) is 23.3. The van der Waals surface area contributed by atoms with Crippen molar-refractivity contribution in [2.75, 3.05) is 23.3 Å². The van der Waals surface area contributed by atoms with Crippen LogP contribution in [0.4, 0.5) is 11.4 Å². The minimum atomic E-state index is -0.432. The molecule has 5 rings (SSSR count). The van der Waals surface area contributed by atoms with E-state index < -0.39 is 6.04 Å². The molecular weight excluding hydrogens is 424 g/mol. The third-order valence-corrected chi connectivity index (χ3v) is 5.99. The van der Waals surface area contributed by atoms with E-state index >= 15 is 0 Å². The Kier molecular flexibility index (Phi) is 6.03. The highest BCUT2D eigenvalue weighted by Gasteiger charge is 2.31. The lowest BCUT2D eigenvalue weighted by atomic mass is 10.1. The summed E-state index contributed by atoms with van der Waals surface area (Å²) in [6.07, 6.45) is 0.946. The number of fused-ring (bicyclic) bond motifs is 2. The Morgan fingerprint density at radius 3 is 2.50 bits per heavy atom. The summed E-state index contributed by atoms with van der Waals surface area (Å²) in [5.74, 6) is -0.244. The first-order valence-corrected chi connectivity index (χ1v) is 11.2. The maximum Gasteiger partial charge on any atom is 0.259 e. The molecule has 1 aliphatic rings. The highest BCUT2D eigenvalue weighted by atomic mass is 16.2. The number of para-hydroxylation sites is 1. The van der Waals surface area contributed by atoms with Gasteiger partial charge in [-0.3, -0.25) is 4.79 Å². The van der Waals surface area contributed by atoms with Crippen molar-refractivity contribution in [1.29, 1.82) is 0 Å². The average Bonchev–Trinajstić information content (AvgIpc) is 3.26. The monoisotopic (exact) mass is 448 g/mol. The van der Waals surface area contributed by atoms with Crippen LogP contribution in [0.5, 0.6) is 0 Å². The van der Waals surface area contributed by atoms with E-state index in [1.165, 1.54) is 0 Å². The second kappa shape index (κ2) is 9.58. The molecule has 0 aromatic heterocycles. The third-order valence-electron chi connectivity index (χ3n) is 5.99. The molecule has 168 valence electrons. The Labute approximate surface area is 197 Å². The van der Waals surface area contributed by atoms with Crippen LogP contribution in [0.2, 0.25) is 0 Å². The predicted molar refractivity (Wildman–Crippen MR) is 136 cm³/mol. The first kappa shape index (κ1) is 21.4. The molecule has 0 radical (unpaired) electrons. The quantitative estimate of drug-likeness (QED) is 0.322. The zero-order valence-electron chi connectivity index (χ0n) is 18.5. The molecule has 0 aliphatic carbocycles. The molecular formula is C28H24N4O2. The van der Waals surface area contributed by atoms with Crippen LogP contribution in [0, 0.1) is 0 Å². The predicted octanol–water partition coefficient (Wildman–Crippen LogP) is 4.53. The Morgan fingerprint density at radius 2 is 1.65 bits per heavy atom. The number of carbonyl (C=O) groups is 2. The topological polar surface area (TPSA) is 73.8 Å². The molecule has 0 bridgehead atoms. The van der Waals surface area contributed by atoms with Crippen LogP contribution in [-0.4, -0.2) is 31.0 Å². The summed E-state index contributed by atoms with van der Waals surface area (Å²) in [5, 5.41) is 9.79. The van der Waals surface area contributed by atoms with Gasteiger partial charge in [-0.15, -0.1) is 0 Å². The van der Waals surface area contributed by atoms with Crippen LogP contribution in [0.15, 0.2) is 102 Å². The average molecular weight is 449 g/mol. The van der Waals surface area contributed by atoms with Gasteiger partial charge in [-0.2, -0.15) is 5.10 Å². The normalized spacial score (nSPS) is 14.6. The maximum absolute atomic E-state index is 12.6. The van der Waals surface area contributed by atoms with Gasteiger partial charge in [0.05, 0.1) is 18.8 Å². The van der Waals surface area contributed by atoms with Gasteiger partial charge in [0.15, 0.2) is 0 Å². The largest absolute Gasteiger partial charge is 0.376 e. The minimum absolute atomic E-state index is 0.0944. The van der Waals surface area contributed by atoms with E-state index in [-0.39, 0.29) is 12.5 Å². The molecule has 1 amide bonds. The van der Waals surface area contributed by atoms with Gasteiger partial charge in [-0.1, -0.05) is 84.9 Å². The van der Waals surface area contributed by atoms with Crippen molar-refractivity contribution in [2.24, 2.45) is 5.10 Å². The Bertz CT molecular complexity index is 1360. The molecule has 4 aromatic carbocycles. The lowest BCUT2D eigenvalue weighted by molar-refractivity contribution is -0.119. The molecule has 0 saturated heterocycles. The van der Waals surface area contributed by atoms with E-state index in [0.717, 1.165) is 45.3 Å². The lowest BCUT2D eigenvalue weighted by Gasteiger charge is -2.26. The van der Waals surface area contributed by atoms with Crippen LogP contribution in [0.25, 0.3) is 10.8 Å². The van der Waals surface area contributed by atoms with Crippen molar-refractivity contribution >= 4 is 40.1 Å². The number of hydrazone groups is 1. The van der Waals surface area contributed by atoms with Gasteiger partial charge in [0.25, 0.3) is 5.91 Å². The first-order valence-electron chi connectivity index (χ1n) is 11.2. The summed E-state index contributed by atoms with van der Waals surface area (Å²) in [5.41, 5.74) is 7.04. The number of carbonyl (C=O) groups excluding carboxylic acids is 2. The summed E-state index contributed by atoms with van der Waals surface area (Å²) >= 11 is 0. The van der Waals surface area contributed by atoms with Crippen molar-refractivity contribution < 1.29 is 9.59 Å². The SMILES string of the molecule is O=CC(c1ccccc1)N1CC(=NNC(=O)CNc2cccc3ccccc23)c2ccccc21. The summed E-state index contributed by atoms with van der Waals surface area (Å²) in [4.78, 5) is 26.6. The van der Waals surface area contributed by atoms with E-state index in [9.17, 15) is 9.59 Å². The lowest BCUT2D eigenvalue weighted by Crippen LogP contribution is -2.31. The fourth-order valence-corrected chi connectivity index (χ4v) is 4.35. The van der Waals surface area contributed by atoms with Gasteiger partial charge in [0, 0.05) is 22.3 Å². The number of nitrogens with zero attached hydrogens (tertiary/aromatic N) is 2. The highest BCUT2D eigenvalue weighted by molar-refractivity contribution is 6.13. The number of amides is 1. The standard InChI is InChI=1S/C28H24N4O2/c33-19-27(21-10-2-1-3-11-21)32-18-25(23-14-6-7-16-26(23)32)30-31-28(34)17-29-24-15-8-12-20-9-4-5-13-22(20)24/h1-16,19,27,29H,17-18H2,(H,31,34). The van der Waals surface area contributed by atoms with E-state index in [1.54, 1.807) is 0 Å². The van der Waals surface area contributed by atoms with Crippen molar-refractivity contribution in [3.8, 4) is 0 Å². The van der Waals surface area contributed by atoms with Crippen LogP contribution in [0.3, 0.4) is 0 Å². The van der Waals surface area contributed by atoms with Crippen molar-refractivity contribution in [2.45, 2.75) is 6.04 Å². The van der Waals surface area contributed by atoms with Crippen molar-refractivity contribution in [1.82, 2.24) is 5.43 Å². The van der Waals surface area contributed by atoms with Gasteiger partial charge in [-0.25, -0.2) is 5.43 Å². The molecule has 0 spiro atoms. The zero-order valence-corrected chi connectivity index (χ0v) is 18.5. The molecule has 6 nitrogen and oxygen atoms in total. The van der Waals surface area contributed by atoms with Crippen LogP contribution < -0.4 is 15.6 Å². The van der Waals surface area contributed by atoms with Gasteiger partial charge in [0.2, 0.25) is 0 Å². The van der Waals surface area contributed by atoms with Gasteiger partial charge in [0.1, 0.15) is 12.3 Å². The minimum Gasteiger partial charge on any atom is -0.376 e. The highest BCUT2D eigenvalue weighted by Crippen LogP contribution is 2.34. The molecule has 1 heterocycles. The van der Waals surface area contributed by atoms with Gasteiger partial charge in [-0.05, 0) is 23.1 Å². The molecule has 34 heavy (non-hydrogen) atoms. The molecule has 0 saturated carbocycles. The van der Waals surface area contributed by atoms with Gasteiger partial charge >= 0.3 is 0 Å². The third kappa shape index (κ3) is 4.26. The first-order chi connectivity index (χ1) is 16.7. The number of benzene rings is 4. The summed E-state index contributed by atoms with van der Waals surface area (Å²) in [6.45, 7) is 0.520. The maximum atomic E-state index is 12.6. The Morgan fingerprint density at radius 1 is 0.912 bits per heavy atom. The van der Waals surface area contributed by atoms with E-state index in [2.05, 4.69) is 15.8 Å². The van der Waals surface area contributed by atoms with Crippen LogP contribution in [-0.2, 0) is 9.59 Å².